The van der Waals surface area contributed by atoms with Gasteiger partial charge in [-0.1, -0.05) is 23.6 Å². The predicted molar refractivity (Wildman–Crippen MR) is 72.0 cm³/mol. The van der Waals surface area contributed by atoms with Crippen LogP contribution >= 0.6 is 11.6 Å². The van der Waals surface area contributed by atoms with Crippen LogP contribution in [0.2, 0.25) is 5.02 Å². The molecule has 0 amide bonds. The van der Waals surface area contributed by atoms with E-state index in [2.05, 4.69) is 28.8 Å². The van der Waals surface area contributed by atoms with Crippen molar-refractivity contribution < 1.29 is 51.4 Å². The number of nitrogens with zero attached hydrogens (tertiary/aromatic N) is 2. The number of piperidine rings is 1. The molecule has 5 heteroatoms. The van der Waals surface area contributed by atoms with Gasteiger partial charge in [0.05, 0.1) is 5.02 Å². The molecule has 0 saturated carbocycles. The van der Waals surface area contributed by atoms with Gasteiger partial charge in [0.25, 0.3) is 0 Å². The monoisotopic (exact) mass is 304 g/mol. The third-order valence-electron chi connectivity index (χ3n) is 2.97. The Morgan fingerprint density at radius 1 is 1.44 bits per heavy atom. The van der Waals surface area contributed by atoms with Gasteiger partial charge in [-0.15, -0.1) is 0 Å². The van der Waals surface area contributed by atoms with E-state index in [1.807, 2.05) is 0 Å². The summed E-state index contributed by atoms with van der Waals surface area (Å²) >= 11 is 11.1. The quantitative estimate of drug-likeness (QED) is 0.360. The third kappa shape index (κ3) is 4.73. The van der Waals surface area contributed by atoms with Crippen molar-refractivity contribution in [3.05, 3.63) is 23.0 Å². The Labute approximate surface area is 162 Å². The number of rotatable bonds is 0. The van der Waals surface area contributed by atoms with Gasteiger partial charge >= 0.3 is 51.4 Å². The van der Waals surface area contributed by atoms with Gasteiger partial charge in [-0.3, -0.25) is 0 Å². The molecule has 18 heavy (non-hydrogen) atoms. The Bertz CT molecular complexity index is 462. The van der Waals surface area contributed by atoms with Crippen molar-refractivity contribution in [2.45, 2.75) is 17.7 Å². The van der Waals surface area contributed by atoms with Gasteiger partial charge in [0.2, 0.25) is 0 Å². The van der Waals surface area contributed by atoms with Crippen molar-refractivity contribution in [1.29, 1.82) is 0 Å². The van der Waals surface area contributed by atoms with E-state index in [4.69, 9.17) is 24.2 Å². The summed E-state index contributed by atoms with van der Waals surface area (Å²) in [5, 5.41) is 0.503. The van der Waals surface area contributed by atoms with E-state index in [0.29, 0.717) is 21.5 Å². The Balaban J connectivity index is 0.00000162. The number of hydrogen-bond donors (Lipinski definition) is 0. The van der Waals surface area contributed by atoms with E-state index in [1.165, 1.54) is 0 Å². The standard InChI is InChI=1S/C13H15ClN2S.K/c1-16-8-5-10(6-9-16)2-3-11-13(14)12(17)4-7-15-11;/h4,7,10H,5-6,8-9H2,1H3,(H,15,17);/q;+1/p-1. The molecule has 90 valence electrons. The fraction of sp³-hybridized carbons (Fsp3) is 0.462. The van der Waals surface area contributed by atoms with Gasteiger partial charge in [0.1, 0.15) is 5.69 Å². The second-order valence-corrected chi connectivity index (χ2v) is 5.14. The van der Waals surface area contributed by atoms with E-state index in [-0.39, 0.29) is 51.4 Å². The molecule has 0 atom stereocenters. The molecule has 0 spiro atoms. The Kier molecular flexibility index (Phi) is 7.67. The maximum atomic E-state index is 6.06. The SMILES string of the molecule is CN1CCC(C#Cc2nccc([S-])c2Cl)CC1.[K+]. The molecule has 2 rings (SSSR count). The summed E-state index contributed by atoms with van der Waals surface area (Å²) < 4.78 is 0. The van der Waals surface area contributed by atoms with Crippen LogP contribution < -0.4 is 51.4 Å². The molecule has 1 aliphatic rings. The van der Waals surface area contributed by atoms with E-state index in [9.17, 15) is 0 Å². The van der Waals surface area contributed by atoms with Crippen LogP contribution in [-0.4, -0.2) is 30.0 Å². The van der Waals surface area contributed by atoms with Gasteiger partial charge in [0, 0.05) is 12.1 Å². The number of hydrogen-bond acceptors (Lipinski definition) is 3. The van der Waals surface area contributed by atoms with E-state index >= 15 is 0 Å². The normalized spacial score (nSPS) is 16.6. The average molecular weight is 305 g/mol. The topological polar surface area (TPSA) is 16.1 Å². The fourth-order valence-corrected chi connectivity index (χ4v) is 2.15. The molecule has 1 aliphatic heterocycles. The molecule has 0 aromatic carbocycles. The second-order valence-electron chi connectivity index (χ2n) is 4.32. The van der Waals surface area contributed by atoms with Crippen LogP contribution in [0.4, 0.5) is 0 Å². The average Bonchev–Trinajstić information content (AvgIpc) is 2.33. The van der Waals surface area contributed by atoms with E-state index < -0.39 is 0 Å². The number of pyridine rings is 1. The minimum atomic E-state index is 0. The molecule has 0 unspecified atom stereocenters. The summed E-state index contributed by atoms with van der Waals surface area (Å²) in [6, 6.07) is 1.72. The molecule has 1 aromatic heterocycles. The van der Waals surface area contributed by atoms with Gasteiger partial charge in [-0.2, -0.15) is 4.90 Å². The molecular formula is C13H14ClKN2S. The molecular weight excluding hydrogens is 291 g/mol. The molecule has 2 nitrogen and oxygen atoms in total. The zero-order valence-corrected chi connectivity index (χ0v) is 15.4. The zero-order chi connectivity index (χ0) is 12.3. The van der Waals surface area contributed by atoms with Crippen molar-refractivity contribution in [1.82, 2.24) is 9.88 Å². The summed E-state index contributed by atoms with van der Waals surface area (Å²) in [4.78, 5) is 7.10. The van der Waals surface area contributed by atoms with Crippen LogP contribution in [0, 0.1) is 17.8 Å². The molecule has 1 saturated heterocycles. The maximum Gasteiger partial charge on any atom is 1.00 e. The van der Waals surface area contributed by atoms with Crippen LogP contribution in [-0.2, 0) is 12.6 Å². The van der Waals surface area contributed by atoms with Gasteiger partial charge in [0.15, 0.2) is 0 Å². The molecule has 0 aliphatic carbocycles. The van der Waals surface area contributed by atoms with Crippen LogP contribution in [0.25, 0.3) is 0 Å². The van der Waals surface area contributed by atoms with E-state index in [0.717, 1.165) is 25.9 Å². The molecule has 0 bridgehead atoms. The number of aromatic nitrogens is 1. The molecule has 0 radical (unpaired) electrons. The summed E-state index contributed by atoms with van der Waals surface area (Å²) in [5.74, 6) is 6.77. The van der Waals surface area contributed by atoms with Crippen LogP contribution in [0.3, 0.4) is 0 Å². The first kappa shape index (κ1) is 16.9. The zero-order valence-electron chi connectivity index (χ0n) is 10.7. The smallest absolute Gasteiger partial charge is 0.778 e. The van der Waals surface area contributed by atoms with Crippen LogP contribution in [0.1, 0.15) is 18.5 Å². The van der Waals surface area contributed by atoms with Crippen molar-refractivity contribution in [2.75, 3.05) is 20.1 Å². The Morgan fingerprint density at radius 3 is 2.78 bits per heavy atom. The van der Waals surface area contributed by atoms with Crippen molar-refractivity contribution >= 4 is 24.2 Å². The molecule has 2 heterocycles. The first-order chi connectivity index (χ1) is 8.16. The van der Waals surface area contributed by atoms with Crippen molar-refractivity contribution in [3.8, 4) is 11.8 Å². The predicted octanol–water partition coefficient (Wildman–Crippen LogP) is -0.662. The molecule has 1 fully saturated rings. The van der Waals surface area contributed by atoms with Crippen molar-refractivity contribution in [3.63, 3.8) is 0 Å². The Hall–Kier alpha value is 0.816. The minimum Gasteiger partial charge on any atom is -0.778 e. The van der Waals surface area contributed by atoms with Crippen LogP contribution in [0.5, 0.6) is 0 Å². The first-order valence-electron chi connectivity index (χ1n) is 5.68. The summed E-state index contributed by atoms with van der Waals surface area (Å²) in [7, 11) is 2.14. The minimum absolute atomic E-state index is 0. The Morgan fingerprint density at radius 2 is 2.11 bits per heavy atom. The number of likely N-dealkylation sites (tertiary alicyclic amines) is 1. The fourth-order valence-electron chi connectivity index (χ4n) is 1.84. The largest absolute Gasteiger partial charge is 1.00 e. The van der Waals surface area contributed by atoms with Gasteiger partial charge in [-0.05, 0) is 38.9 Å². The summed E-state index contributed by atoms with van der Waals surface area (Å²) in [5.41, 5.74) is 0.609. The molecule has 0 N–H and O–H groups in total. The molecule has 1 aromatic rings. The van der Waals surface area contributed by atoms with Gasteiger partial charge < -0.3 is 17.5 Å². The van der Waals surface area contributed by atoms with Crippen LogP contribution in [0.15, 0.2) is 17.2 Å². The third-order valence-corrected chi connectivity index (χ3v) is 3.80. The van der Waals surface area contributed by atoms with Gasteiger partial charge in [-0.25, -0.2) is 4.98 Å². The number of halogens is 1. The summed E-state index contributed by atoms with van der Waals surface area (Å²) in [6.45, 7) is 2.23. The van der Waals surface area contributed by atoms with E-state index in [1.54, 1.807) is 12.3 Å². The first-order valence-corrected chi connectivity index (χ1v) is 6.47. The maximum absolute atomic E-state index is 6.06. The second kappa shape index (κ2) is 8.18. The summed E-state index contributed by atoms with van der Waals surface area (Å²) in [6.07, 6.45) is 3.90. The van der Waals surface area contributed by atoms with Crippen molar-refractivity contribution in [2.24, 2.45) is 5.92 Å².